The third kappa shape index (κ3) is 5.29. The van der Waals surface area contributed by atoms with Crippen LogP contribution in [0.25, 0.3) is 0 Å². The minimum absolute atomic E-state index is 0.0143. The molecule has 1 atom stereocenters. The van der Waals surface area contributed by atoms with Gasteiger partial charge in [-0.05, 0) is 49.9 Å². The molecule has 2 aliphatic rings. The number of aromatic nitrogens is 2. The Hall–Kier alpha value is -4.61. The Morgan fingerprint density at radius 3 is 2.80 bits per heavy atom. The van der Waals surface area contributed by atoms with Crippen molar-refractivity contribution in [2.24, 2.45) is 4.99 Å². The van der Waals surface area contributed by atoms with Crippen molar-refractivity contribution in [1.29, 1.82) is 0 Å². The van der Waals surface area contributed by atoms with Gasteiger partial charge in [0.25, 0.3) is 11.8 Å². The summed E-state index contributed by atoms with van der Waals surface area (Å²) in [6, 6.07) is 14.4. The van der Waals surface area contributed by atoms with Crippen molar-refractivity contribution in [3.8, 4) is 17.6 Å². The molecule has 0 radical (unpaired) electrons. The van der Waals surface area contributed by atoms with Crippen LogP contribution in [0.3, 0.4) is 0 Å². The van der Waals surface area contributed by atoms with Crippen LogP contribution in [-0.2, 0) is 17.8 Å². The average Bonchev–Trinajstić information content (AvgIpc) is 3.23. The van der Waals surface area contributed by atoms with Crippen LogP contribution < -0.4 is 9.64 Å². The fourth-order valence-electron chi connectivity index (χ4n) is 4.78. The van der Waals surface area contributed by atoms with Crippen LogP contribution in [-0.4, -0.2) is 59.5 Å². The number of allylic oxidation sites excluding steroid dienone is 3. The van der Waals surface area contributed by atoms with E-state index in [1.807, 2.05) is 49.4 Å². The lowest BCUT2D eigenvalue weighted by Gasteiger charge is -2.33. The fraction of sp³-hybridized carbons (Fsp3) is 0.226. The predicted molar refractivity (Wildman–Crippen MR) is 156 cm³/mol. The van der Waals surface area contributed by atoms with Gasteiger partial charge in [-0.25, -0.2) is 4.68 Å². The molecule has 3 aromatic rings. The van der Waals surface area contributed by atoms with Gasteiger partial charge in [0.1, 0.15) is 23.6 Å². The quantitative estimate of drug-likeness (QED) is 0.264. The van der Waals surface area contributed by atoms with Gasteiger partial charge < -0.3 is 14.5 Å². The lowest BCUT2D eigenvalue weighted by molar-refractivity contribution is -0.123. The number of anilines is 1. The summed E-state index contributed by atoms with van der Waals surface area (Å²) in [6.07, 6.45) is 5.73. The minimum atomic E-state index is -0.809. The number of carbonyl (C=O) groups is 2. The maximum atomic E-state index is 13.6. The van der Waals surface area contributed by atoms with Gasteiger partial charge in [-0.15, -0.1) is 0 Å². The van der Waals surface area contributed by atoms with Crippen molar-refractivity contribution in [2.45, 2.75) is 25.9 Å². The van der Waals surface area contributed by atoms with Crippen molar-refractivity contribution in [2.75, 3.05) is 25.1 Å². The number of fused-ring (bicyclic) bond motifs is 2. The van der Waals surface area contributed by atoms with Crippen LogP contribution in [0.5, 0.6) is 5.75 Å². The van der Waals surface area contributed by atoms with Crippen LogP contribution in [0.15, 0.2) is 77.4 Å². The topological polar surface area (TPSA) is 80.0 Å². The standard InChI is InChI=1S/C31H28ClN5O3/c1-4-21(14-16-33-2)10-11-22-12-13-25-27(18-22)40-20-26(30(38)35(25)3)36-17-15-24-28(31(36)39)34-37(29(24)32)19-23-8-6-5-7-9-23/h4-9,12-14,16,18,26H,2,15,17,19-20H2,1,3H3/b16-14-,21-4-/t26-/m1/s1. The molecule has 3 heterocycles. The molecule has 0 aliphatic carbocycles. The number of halogens is 1. The van der Waals surface area contributed by atoms with E-state index in [0.717, 1.165) is 16.7 Å². The summed E-state index contributed by atoms with van der Waals surface area (Å²) >= 11 is 6.63. The first-order valence-electron chi connectivity index (χ1n) is 12.9. The van der Waals surface area contributed by atoms with Crippen LogP contribution >= 0.6 is 11.6 Å². The number of hydrogen-bond donors (Lipinski definition) is 0. The molecule has 2 aliphatic heterocycles. The van der Waals surface area contributed by atoms with Gasteiger partial charge in [0, 0.05) is 36.5 Å². The molecule has 8 nitrogen and oxygen atoms in total. The lowest BCUT2D eigenvalue weighted by atomic mass is 10.0. The largest absolute Gasteiger partial charge is 0.489 e. The van der Waals surface area contributed by atoms with E-state index in [0.29, 0.717) is 41.7 Å². The van der Waals surface area contributed by atoms with Crippen molar-refractivity contribution < 1.29 is 14.3 Å². The molecular weight excluding hydrogens is 526 g/mol. The highest BCUT2D eigenvalue weighted by atomic mass is 35.5. The van der Waals surface area contributed by atoms with Gasteiger partial charge in [0.2, 0.25) is 0 Å². The molecule has 40 heavy (non-hydrogen) atoms. The highest BCUT2D eigenvalue weighted by molar-refractivity contribution is 6.31. The molecule has 2 aromatic carbocycles. The fourth-order valence-corrected chi connectivity index (χ4v) is 5.06. The maximum Gasteiger partial charge on any atom is 0.275 e. The van der Waals surface area contributed by atoms with E-state index in [2.05, 4.69) is 28.6 Å². The Morgan fingerprint density at radius 1 is 1.25 bits per heavy atom. The normalized spacial score (nSPS) is 17.1. The van der Waals surface area contributed by atoms with Crippen LogP contribution in [0.4, 0.5) is 5.69 Å². The number of hydrogen-bond acceptors (Lipinski definition) is 5. The number of benzene rings is 2. The summed E-state index contributed by atoms with van der Waals surface area (Å²) in [5.74, 6) is 6.16. The van der Waals surface area contributed by atoms with E-state index in [4.69, 9.17) is 16.3 Å². The van der Waals surface area contributed by atoms with Crippen LogP contribution in [0, 0.1) is 11.8 Å². The molecule has 202 valence electrons. The first-order valence-corrected chi connectivity index (χ1v) is 13.2. The van der Waals surface area contributed by atoms with Gasteiger partial charge in [-0.3, -0.25) is 14.6 Å². The Labute approximate surface area is 238 Å². The summed E-state index contributed by atoms with van der Waals surface area (Å²) in [7, 11) is 1.69. The number of ether oxygens (including phenoxy) is 1. The molecule has 1 aromatic heterocycles. The molecule has 0 unspecified atom stereocenters. The number of carbonyl (C=O) groups excluding carboxylic acids is 2. The van der Waals surface area contributed by atoms with E-state index in [-0.39, 0.29) is 24.1 Å². The summed E-state index contributed by atoms with van der Waals surface area (Å²) in [4.78, 5) is 34.0. The number of amides is 2. The van der Waals surface area contributed by atoms with Crippen molar-refractivity contribution in [3.63, 3.8) is 0 Å². The van der Waals surface area contributed by atoms with Gasteiger partial charge in [-0.2, -0.15) is 5.10 Å². The monoisotopic (exact) mass is 553 g/mol. The second-order valence-electron chi connectivity index (χ2n) is 9.41. The van der Waals surface area contributed by atoms with Gasteiger partial charge in [-0.1, -0.05) is 59.8 Å². The van der Waals surface area contributed by atoms with E-state index in [1.165, 1.54) is 4.90 Å². The molecule has 9 heteroatoms. The second-order valence-corrected chi connectivity index (χ2v) is 9.77. The highest BCUT2D eigenvalue weighted by Crippen LogP contribution is 2.34. The predicted octanol–water partition coefficient (Wildman–Crippen LogP) is 4.52. The highest BCUT2D eigenvalue weighted by Gasteiger charge is 2.40. The molecule has 0 fully saturated rings. The Kier molecular flexibility index (Phi) is 7.85. The van der Waals surface area contributed by atoms with Gasteiger partial charge in [0.15, 0.2) is 5.69 Å². The van der Waals surface area contributed by atoms with E-state index in [9.17, 15) is 9.59 Å². The number of aliphatic imine (C=N–C) groups is 1. The number of likely N-dealkylation sites (N-methyl/N-ethyl adjacent to an activating group) is 1. The average molecular weight is 554 g/mol. The van der Waals surface area contributed by atoms with E-state index < -0.39 is 6.04 Å². The second kappa shape index (κ2) is 11.6. The van der Waals surface area contributed by atoms with Gasteiger partial charge in [0.05, 0.1) is 12.2 Å². The van der Waals surface area contributed by atoms with Crippen LogP contribution in [0.1, 0.15) is 34.1 Å². The SMILES string of the molecule is C=N/C=C\C(C#Cc1ccc2c(c1)OC[C@@H](N1CCc3c(nn(Cc4ccccc4)c3Cl)C1=O)C(=O)N2C)=C/C. The van der Waals surface area contributed by atoms with Crippen LogP contribution in [0.2, 0.25) is 5.15 Å². The van der Waals surface area contributed by atoms with Crippen molar-refractivity contribution in [3.05, 3.63) is 100.0 Å². The Morgan fingerprint density at radius 2 is 2.05 bits per heavy atom. The van der Waals surface area contributed by atoms with Crippen molar-refractivity contribution in [1.82, 2.24) is 14.7 Å². The number of rotatable bonds is 5. The van der Waals surface area contributed by atoms with E-state index >= 15 is 0 Å². The zero-order chi connectivity index (χ0) is 28.2. The van der Waals surface area contributed by atoms with Gasteiger partial charge >= 0.3 is 0 Å². The molecule has 5 rings (SSSR count). The lowest BCUT2D eigenvalue weighted by Crippen LogP contribution is -2.54. The first kappa shape index (κ1) is 27.0. The molecule has 0 N–H and O–H groups in total. The summed E-state index contributed by atoms with van der Waals surface area (Å²) < 4.78 is 7.75. The van der Waals surface area contributed by atoms with E-state index in [1.54, 1.807) is 41.0 Å². The first-order chi connectivity index (χ1) is 19.4. The number of nitrogens with zero attached hydrogens (tertiary/aromatic N) is 5. The third-order valence-electron chi connectivity index (χ3n) is 6.95. The minimum Gasteiger partial charge on any atom is -0.489 e. The molecule has 2 amide bonds. The summed E-state index contributed by atoms with van der Waals surface area (Å²) in [6.45, 7) is 6.13. The molecular formula is C31H28ClN5O3. The molecule has 0 bridgehead atoms. The summed E-state index contributed by atoms with van der Waals surface area (Å²) in [5, 5.41) is 4.99. The Balaban J connectivity index is 1.36. The smallest absolute Gasteiger partial charge is 0.275 e. The molecule has 0 spiro atoms. The maximum absolute atomic E-state index is 13.6. The molecule has 0 saturated carbocycles. The van der Waals surface area contributed by atoms with Crippen molar-refractivity contribution >= 4 is 35.8 Å². The Bertz CT molecular complexity index is 1600. The molecule has 0 saturated heterocycles. The third-order valence-corrected chi connectivity index (χ3v) is 7.38. The zero-order valence-electron chi connectivity index (χ0n) is 22.3. The summed E-state index contributed by atoms with van der Waals surface area (Å²) in [5.41, 5.74) is 4.15. The zero-order valence-corrected chi connectivity index (χ0v) is 23.1.